The number of hydrogen-bond donors (Lipinski definition) is 1. The predicted molar refractivity (Wildman–Crippen MR) is 136 cm³/mol. The van der Waals surface area contributed by atoms with Gasteiger partial charge in [0.05, 0.1) is 29.6 Å². The second-order valence-electron chi connectivity index (χ2n) is 10.1. The van der Waals surface area contributed by atoms with Crippen LogP contribution >= 0.6 is 0 Å². The SMILES string of the molecule is COC(=O)c1cc(N2CCC(N3CCNCC3)CC2)c2c(C3CCC3)nn(-c3ccc(F)cc3)c2n1. The van der Waals surface area contributed by atoms with Gasteiger partial charge in [-0.05, 0) is 56.0 Å². The first-order chi connectivity index (χ1) is 17.6. The van der Waals surface area contributed by atoms with Crippen LogP contribution in [0.1, 0.15) is 54.2 Å². The van der Waals surface area contributed by atoms with Gasteiger partial charge in [-0.3, -0.25) is 4.90 Å². The minimum Gasteiger partial charge on any atom is -0.464 e. The lowest BCUT2D eigenvalue weighted by atomic mass is 9.82. The van der Waals surface area contributed by atoms with E-state index in [0.717, 1.165) is 87.4 Å². The Morgan fingerprint density at radius 2 is 1.78 bits per heavy atom. The molecule has 0 unspecified atom stereocenters. The summed E-state index contributed by atoms with van der Waals surface area (Å²) in [7, 11) is 1.38. The molecule has 2 aliphatic heterocycles. The number of piperazine rings is 1. The zero-order valence-corrected chi connectivity index (χ0v) is 20.8. The highest BCUT2D eigenvalue weighted by molar-refractivity contribution is 5.99. The number of carbonyl (C=O) groups excluding carboxylic acids is 1. The molecule has 2 aromatic heterocycles. The topological polar surface area (TPSA) is 75.5 Å². The third kappa shape index (κ3) is 4.24. The number of methoxy groups -OCH3 is 1. The average Bonchev–Trinajstić information content (AvgIpc) is 3.26. The van der Waals surface area contributed by atoms with Crippen molar-refractivity contribution in [3.63, 3.8) is 0 Å². The Morgan fingerprint density at radius 3 is 2.42 bits per heavy atom. The van der Waals surface area contributed by atoms with Crippen LogP contribution < -0.4 is 10.2 Å². The fourth-order valence-electron chi connectivity index (χ4n) is 5.83. The molecule has 3 fully saturated rings. The van der Waals surface area contributed by atoms with Crippen LogP contribution in [0.2, 0.25) is 0 Å². The molecule has 2 saturated heterocycles. The number of benzene rings is 1. The van der Waals surface area contributed by atoms with Crippen molar-refractivity contribution in [3.8, 4) is 5.69 Å². The number of nitrogens with zero attached hydrogens (tertiary/aromatic N) is 5. The minimum absolute atomic E-state index is 0.271. The number of aromatic nitrogens is 3. The van der Waals surface area contributed by atoms with Crippen LogP contribution in [0.25, 0.3) is 16.7 Å². The normalized spacial score (nSPS) is 20.0. The molecule has 1 N–H and O–H groups in total. The van der Waals surface area contributed by atoms with Gasteiger partial charge >= 0.3 is 5.97 Å². The molecule has 3 aliphatic rings. The summed E-state index contributed by atoms with van der Waals surface area (Å²) in [6.45, 7) is 6.15. The van der Waals surface area contributed by atoms with Crippen molar-refractivity contribution in [1.29, 1.82) is 0 Å². The molecule has 0 bridgehead atoms. The zero-order chi connectivity index (χ0) is 24.6. The van der Waals surface area contributed by atoms with Crippen molar-refractivity contribution in [1.82, 2.24) is 25.0 Å². The standard InChI is InChI=1S/C27H33FN6O2/c1-36-27(35)22-17-23(33-13-9-20(10-14-33)32-15-11-29-12-16-32)24-25(18-3-2-4-18)31-34(26(24)30-22)21-7-5-19(28)6-8-21/h5-8,17-18,20,29H,2-4,9-16H2,1H3. The Hall–Kier alpha value is -3.04. The van der Waals surface area contributed by atoms with E-state index in [4.69, 9.17) is 14.8 Å². The van der Waals surface area contributed by atoms with E-state index in [9.17, 15) is 9.18 Å². The van der Waals surface area contributed by atoms with E-state index in [-0.39, 0.29) is 11.5 Å². The molecule has 3 aromatic rings. The van der Waals surface area contributed by atoms with Crippen molar-refractivity contribution in [2.45, 2.75) is 44.1 Å². The lowest BCUT2D eigenvalue weighted by Gasteiger charge is -2.41. The summed E-state index contributed by atoms with van der Waals surface area (Å²) in [5, 5.41) is 9.48. The molecule has 8 nitrogen and oxygen atoms in total. The van der Waals surface area contributed by atoms with E-state index >= 15 is 0 Å². The highest BCUT2D eigenvalue weighted by atomic mass is 19.1. The van der Waals surface area contributed by atoms with E-state index in [1.165, 1.54) is 25.7 Å². The van der Waals surface area contributed by atoms with Gasteiger partial charge < -0.3 is 15.0 Å². The van der Waals surface area contributed by atoms with Crippen molar-refractivity contribution in [2.75, 3.05) is 51.3 Å². The average molecular weight is 493 g/mol. The summed E-state index contributed by atoms with van der Waals surface area (Å²) in [5.41, 5.74) is 3.67. The minimum atomic E-state index is -0.467. The number of hydrogen-bond acceptors (Lipinski definition) is 7. The molecule has 1 saturated carbocycles. The molecule has 0 radical (unpaired) electrons. The molecule has 0 atom stereocenters. The van der Waals surface area contributed by atoms with Crippen molar-refractivity contribution in [2.24, 2.45) is 0 Å². The van der Waals surface area contributed by atoms with Gasteiger partial charge in [-0.1, -0.05) is 6.42 Å². The molecule has 0 spiro atoms. The number of halogens is 1. The highest BCUT2D eigenvalue weighted by Gasteiger charge is 2.32. The lowest BCUT2D eigenvalue weighted by molar-refractivity contribution is 0.0594. The first-order valence-corrected chi connectivity index (χ1v) is 13.1. The number of rotatable bonds is 5. The highest BCUT2D eigenvalue weighted by Crippen LogP contribution is 2.43. The Labute approximate surface area is 210 Å². The Bertz CT molecular complexity index is 1240. The molecule has 36 heavy (non-hydrogen) atoms. The van der Waals surface area contributed by atoms with Gasteiger partial charge in [-0.15, -0.1) is 0 Å². The Morgan fingerprint density at radius 1 is 1.06 bits per heavy atom. The maximum atomic E-state index is 13.7. The van der Waals surface area contributed by atoms with Gasteiger partial charge in [-0.25, -0.2) is 18.9 Å². The van der Waals surface area contributed by atoms with Crippen molar-refractivity contribution < 1.29 is 13.9 Å². The number of esters is 1. The fourth-order valence-corrected chi connectivity index (χ4v) is 5.83. The number of carbonyl (C=O) groups is 1. The van der Waals surface area contributed by atoms with Crippen LogP contribution in [-0.2, 0) is 4.74 Å². The first kappa shape index (κ1) is 23.4. The van der Waals surface area contributed by atoms with Crippen LogP contribution in [0.5, 0.6) is 0 Å². The van der Waals surface area contributed by atoms with Crippen LogP contribution in [0.4, 0.5) is 10.1 Å². The molecular formula is C27H33FN6O2. The largest absolute Gasteiger partial charge is 0.464 e. The van der Waals surface area contributed by atoms with E-state index in [2.05, 4.69) is 15.1 Å². The number of pyridine rings is 1. The summed E-state index contributed by atoms with van der Waals surface area (Å²) >= 11 is 0. The van der Waals surface area contributed by atoms with Gasteiger partial charge in [0.15, 0.2) is 11.3 Å². The number of fused-ring (bicyclic) bond motifs is 1. The third-order valence-corrected chi connectivity index (χ3v) is 8.07. The quantitative estimate of drug-likeness (QED) is 0.547. The molecule has 0 amide bonds. The second-order valence-corrected chi connectivity index (χ2v) is 10.1. The van der Waals surface area contributed by atoms with E-state index in [1.807, 2.05) is 6.07 Å². The van der Waals surface area contributed by atoms with Crippen LogP contribution in [0.3, 0.4) is 0 Å². The second kappa shape index (κ2) is 9.78. The molecule has 4 heterocycles. The summed E-state index contributed by atoms with van der Waals surface area (Å²) in [5.74, 6) is -0.395. The summed E-state index contributed by atoms with van der Waals surface area (Å²) in [4.78, 5) is 22.4. The maximum absolute atomic E-state index is 13.7. The monoisotopic (exact) mass is 492 g/mol. The lowest BCUT2D eigenvalue weighted by Crippen LogP contribution is -2.52. The van der Waals surface area contributed by atoms with Gasteiger partial charge in [0.2, 0.25) is 0 Å². The summed E-state index contributed by atoms with van der Waals surface area (Å²) in [6.07, 6.45) is 5.55. The molecule has 9 heteroatoms. The predicted octanol–water partition coefficient (Wildman–Crippen LogP) is 3.49. The fraction of sp³-hybridized carbons (Fsp3) is 0.519. The van der Waals surface area contributed by atoms with E-state index in [1.54, 1.807) is 16.8 Å². The molecule has 1 aliphatic carbocycles. The van der Waals surface area contributed by atoms with Crippen molar-refractivity contribution >= 4 is 22.7 Å². The van der Waals surface area contributed by atoms with Crippen LogP contribution in [0.15, 0.2) is 30.3 Å². The number of ether oxygens (including phenoxy) is 1. The zero-order valence-electron chi connectivity index (χ0n) is 20.8. The smallest absolute Gasteiger partial charge is 0.356 e. The number of piperidine rings is 1. The summed E-state index contributed by atoms with van der Waals surface area (Å²) < 4.78 is 20.5. The van der Waals surface area contributed by atoms with Gasteiger partial charge in [0, 0.05) is 51.2 Å². The molecular weight excluding hydrogens is 459 g/mol. The summed E-state index contributed by atoms with van der Waals surface area (Å²) in [6, 6.07) is 8.75. The number of nitrogens with one attached hydrogen (secondary N) is 1. The van der Waals surface area contributed by atoms with Gasteiger partial charge in [-0.2, -0.15) is 5.10 Å². The maximum Gasteiger partial charge on any atom is 0.356 e. The van der Waals surface area contributed by atoms with Crippen LogP contribution in [-0.4, -0.2) is 78.1 Å². The Kier molecular flexibility index (Phi) is 6.35. The number of anilines is 1. The van der Waals surface area contributed by atoms with Gasteiger partial charge in [0.1, 0.15) is 5.82 Å². The first-order valence-electron chi connectivity index (χ1n) is 13.1. The molecule has 1 aromatic carbocycles. The third-order valence-electron chi connectivity index (χ3n) is 8.07. The molecule has 190 valence electrons. The Balaban J connectivity index is 1.43. The van der Waals surface area contributed by atoms with E-state index in [0.29, 0.717) is 17.6 Å². The van der Waals surface area contributed by atoms with Gasteiger partial charge in [0.25, 0.3) is 0 Å². The molecule has 6 rings (SSSR count). The van der Waals surface area contributed by atoms with E-state index < -0.39 is 5.97 Å². The van der Waals surface area contributed by atoms with Crippen molar-refractivity contribution in [3.05, 3.63) is 47.5 Å². The van der Waals surface area contributed by atoms with Crippen LogP contribution in [0, 0.1) is 5.82 Å².